The minimum Gasteiger partial charge on any atom is -0.395 e. The molecule has 0 heterocycles. The maximum atomic E-state index is 11.5. The van der Waals surface area contributed by atoms with E-state index in [1.165, 1.54) is 0 Å². The van der Waals surface area contributed by atoms with Gasteiger partial charge in [-0.3, -0.25) is 0 Å². The number of hydrogen-bond donors (Lipinski definition) is 1. The van der Waals surface area contributed by atoms with Gasteiger partial charge >= 0.3 is 5.51 Å². The van der Waals surface area contributed by atoms with E-state index < -0.39 is 17.4 Å². The fourth-order valence-electron chi connectivity index (χ4n) is 0.439. The Morgan fingerprint density at radius 3 is 2.10 bits per heavy atom. The maximum absolute atomic E-state index is 11.5. The molecule has 0 aliphatic heterocycles. The molecule has 62 valence electrons. The van der Waals surface area contributed by atoms with Crippen molar-refractivity contribution in [2.24, 2.45) is 0 Å². The number of thioether (sulfide) groups is 1. The van der Waals surface area contributed by atoms with Crippen LogP contribution in [0.5, 0.6) is 0 Å². The summed E-state index contributed by atoms with van der Waals surface area (Å²) in [5.41, 5.74) is -4.22. The second kappa shape index (κ2) is 4.08. The molecule has 0 amide bonds. The van der Waals surface area contributed by atoms with Crippen LogP contribution in [0.15, 0.2) is 0 Å². The number of halogens is 3. The maximum Gasteiger partial charge on any atom is 0.442 e. The van der Waals surface area contributed by atoms with Crippen LogP contribution in [0.4, 0.5) is 13.2 Å². The van der Waals surface area contributed by atoms with Crippen LogP contribution in [-0.4, -0.2) is 22.5 Å². The molecule has 0 spiro atoms. The predicted octanol–water partition coefficient (Wildman–Crippen LogP) is 2.01. The van der Waals surface area contributed by atoms with Crippen LogP contribution >= 0.6 is 11.8 Å². The van der Waals surface area contributed by atoms with E-state index in [0.717, 1.165) is 0 Å². The lowest BCUT2D eigenvalue weighted by molar-refractivity contribution is -0.0337. The van der Waals surface area contributed by atoms with Gasteiger partial charge in [0.25, 0.3) is 0 Å². The topological polar surface area (TPSA) is 20.2 Å². The van der Waals surface area contributed by atoms with Crippen molar-refractivity contribution < 1.29 is 18.3 Å². The fourth-order valence-corrected chi connectivity index (χ4v) is 1.06. The number of rotatable bonds is 3. The Morgan fingerprint density at radius 2 is 2.00 bits per heavy atom. The number of aliphatic hydroxyl groups excluding tert-OH is 1. The third-order valence-electron chi connectivity index (χ3n) is 0.959. The van der Waals surface area contributed by atoms with E-state index in [1.807, 2.05) is 0 Å². The standard InChI is InChI=1S/C5H9F3OS/c1-2-4(3-9)10-5(6,7)8/h4,9H,2-3H2,1H3. The van der Waals surface area contributed by atoms with E-state index in [2.05, 4.69) is 0 Å². The van der Waals surface area contributed by atoms with Gasteiger partial charge in [-0.15, -0.1) is 0 Å². The summed E-state index contributed by atoms with van der Waals surface area (Å²) in [6.07, 6.45) is 0.334. The highest BCUT2D eigenvalue weighted by atomic mass is 32.2. The fraction of sp³-hybridized carbons (Fsp3) is 1.00. The van der Waals surface area contributed by atoms with E-state index in [1.54, 1.807) is 6.92 Å². The summed E-state index contributed by atoms with van der Waals surface area (Å²) in [4.78, 5) is 0. The van der Waals surface area contributed by atoms with Crippen molar-refractivity contribution in [2.45, 2.75) is 24.1 Å². The van der Waals surface area contributed by atoms with Gasteiger partial charge in [-0.2, -0.15) is 13.2 Å². The third-order valence-corrected chi connectivity index (χ3v) is 2.04. The minimum absolute atomic E-state index is 0.148. The summed E-state index contributed by atoms with van der Waals surface area (Å²) in [6, 6.07) is 0. The average Bonchev–Trinajstić information content (AvgIpc) is 1.81. The van der Waals surface area contributed by atoms with Gasteiger partial charge in [-0.1, -0.05) is 6.92 Å². The molecule has 1 unspecified atom stereocenters. The molecular weight excluding hydrogens is 165 g/mol. The molecule has 0 aromatic rings. The minimum atomic E-state index is -4.22. The van der Waals surface area contributed by atoms with Gasteiger partial charge in [-0.25, -0.2) is 0 Å². The van der Waals surface area contributed by atoms with E-state index in [4.69, 9.17) is 5.11 Å². The Kier molecular flexibility index (Phi) is 4.12. The molecule has 0 aromatic carbocycles. The molecular formula is C5H9F3OS. The smallest absolute Gasteiger partial charge is 0.395 e. The van der Waals surface area contributed by atoms with Gasteiger partial charge in [0.1, 0.15) is 0 Å². The number of alkyl halides is 3. The zero-order valence-corrected chi connectivity index (χ0v) is 6.30. The molecule has 0 bridgehead atoms. The van der Waals surface area contributed by atoms with Gasteiger partial charge < -0.3 is 5.11 Å². The van der Waals surface area contributed by atoms with Crippen LogP contribution in [0.25, 0.3) is 0 Å². The highest BCUT2D eigenvalue weighted by Gasteiger charge is 2.31. The zero-order chi connectivity index (χ0) is 8.20. The molecule has 0 saturated heterocycles. The molecule has 1 nitrogen and oxygen atoms in total. The quantitative estimate of drug-likeness (QED) is 0.706. The summed E-state index contributed by atoms with van der Waals surface area (Å²) in [7, 11) is 0. The summed E-state index contributed by atoms with van der Waals surface area (Å²) < 4.78 is 34.6. The van der Waals surface area contributed by atoms with Crippen molar-refractivity contribution in [1.29, 1.82) is 0 Å². The van der Waals surface area contributed by atoms with Crippen LogP contribution in [0, 0.1) is 0 Å². The van der Waals surface area contributed by atoms with Crippen LogP contribution < -0.4 is 0 Å². The molecule has 0 aliphatic carbocycles. The largest absolute Gasteiger partial charge is 0.442 e. The Balaban J connectivity index is 3.63. The van der Waals surface area contributed by atoms with Gasteiger partial charge in [0.2, 0.25) is 0 Å². The number of aliphatic hydroxyl groups is 1. The van der Waals surface area contributed by atoms with Crippen LogP contribution in [0.2, 0.25) is 0 Å². The van der Waals surface area contributed by atoms with Crippen LogP contribution in [0.1, 0.15) is 13.3 Å². The SMILES string of the molecule is CCC(CO)SC(F)(F)F. The summed E-state index contributed by atoms with van der Waals surface area (Å²) in [5.74, 6) is 0. The first-order valence-electron chi connectivity index (χ1n) is 2.85. The van der Waals surface area contributed by atoms with Crippen LogP contribution in [-0.2, 0) is 0 Å². The van der Waals surface area contributed by atoms with Crippen molar-refractivity contribution in [2.75, 3.05) is 6.61 Å². The Morgan fingerprint density at radius 1 is 1.50 bits per heavy atom. The Hall–Kier alpha value is 0.100. The van der Waals surface area contributed by atoms with Crippen molar-refractivity contribution in [1.82, 2.24) is 0 Å². The summed E-state index contributed by atoms with van der Waals surface area (Å²) in [5, 5.41) is 7.66. The lowest BCUT2D eigenvalue weighted by Crippen LogP contribution is -2.14. The lowest BCUT2D eigenvalue weighted by atomic mass is 10.3. The first-order valence-corrected chi connectivity index (χ1v) is 3.73. The molecule has 5 heteroatoms. The van der Waals surface area contributed by atoms with E-state index in [9.17, 15) is 13.2 Å². The van der Waals surface area contributed by atoms with Crippen molar-refractivity contribution in [3.63, 3.8) is 0 Å². The molecule has 1 atom stereocenters. The first kappa shape index (κ1) is 10.1. The molecule has 0 fully saturated rings. The average molecular weight is 174 g/mol. The Bertz CT molecular complexity index is 89.4. The van der Waals surface area contributed by atoms with Crippen molar-refractivity contribution in [3.05, 3.63) is 0 Å². The van der Waals surface area contributed by atoms with E-state index >= 15 is 0 Å². The van der Waals surface area contributed by atoms with Gasteiger partial charge in [0.05, 0.1) is 6.61 Å². The third kappa shape index (κ3) is 4.93. The number of hydrogen-bond acceptors (Lipinski definition) is 2. The van der Waals surface area contributed by atoms with E-state index in [-0.39, 0.29) is 11.8 Å². The summed E-state index contributed by atoms with van der Waals surface area (Å²) in [6.45, 7) is 1.19. The summed E-state index contributed by atoms with van der Waals surface area (Å²) >= 11 is -0.148. The second-order valence-electron chi connectivity index (χ2n) is 1.78. The Labute approximate surface area is 61.6 Å². The highest BCUT2D eigenvalue weighted by Crippen LogP contribution is 2.34. The predicted molar refractivity (Wildman–Crippen MR) is 34.8 cm³/mol. The molecule has 0 rings (SSSR count). The van der Waals surface area contributed by atoms with Gasteiger partial charge in [-0.05, 0) is 18.2 Å². The normalized spacial score (nSPS) is 15.3. The van der Waals surface area contributed by atoms with Crippen molar-refractivity contribution >= 4 is 11.8 Å². The lowest BCUT2D eigenvalue weighted by Gasteiger charge is -2.12. The second-order valence-corrected chi connectivity index (χ2v) is 3.14. The highest BCUT2D eigenvalue weighted by molar-refractivity contribution is 8.00. The van der Waals surface area contributed by atoms with Gasteiger partial charge in [0.15, 0.2) is 0 Å². The molecule has 0 saturated carbocycles. The molecule has 0 aromatic heterocycles. The monoisotopic (exact) mass is 174 g/mol. The van der Waals surface area contributed by atoms with Crippen LogP contribution in [0.3, 0.4) is 0 Å². The molecule has 0 aliphatic rings. The molecule has 1 N–H and O–H groups in total. The zero-order valence-electron chi connectivity index (χ0n) is 5.48. The van der Waals surface area contributed by atoms with Crippen molar-refractivity contribution in [3.8, 4) is 0 Å². The molecule has 10 heavy (non-hydrogen) atoms. The molecule has 0 radical (unpaired) electrons. The van der Waals surface area contributed by atoms with E-state index in [0.29, 0.717) is 6.42 Å². The van der Waals surface area contributed by atoms with Gasteiger partial charge in [0, 0.05) is 5.25 Å². The first-order chi connectivity index (χ1) is 4.49.